The van der Waals surface area contributed by atoms with E-state index in [0.717, 1.165) is 12.1 Å². The molecule has 0 aliphatic rings. The number of phenolic OH excluding ortho intramolecular Hbond substituents is 4. The van der Waals surface area contributed by atoms with E-state index < -0.39 is 17.4 Å². The quantitative estimate of drug-likeness (QED) is 0.583. The number of nitrogens with one attached hydrogen (secondary N) is 1. The Morgan fingerprint density at radius 1 is 1.05 bits per heavy atom. The summed E-state index contributed by atoms with van der Waals surface area (Å²) in [4.78, 5) is 12.0. The molecule has 0 unspecified atom stereocenters. The van der Waals surface area contributed by atoms with E-state index in [4.69, 9.17) is 4.74 Å². The molecule has 0 bridgehead atoms. The van der Waals surface area contributed by atoms with Crippen LogP contribution in [0, 0.1) is 0 Å². The van der Waals surface area contributed by atoms with Crippen molar-refractivity contribution in [3.63, 3.8) is 0 Å². The molecule has 7 heteroatoms. The fourth-order valence-corrected chi connectivity index (χ4v) is 1.93. The Labute approximate surface area is 126 Å². The first-order valence-electron chi connectivity index (χ1n) is 6.31. The lowest BCUT2D eigenvalue weighted by Gasteiger charge is -2.10. The van der Waals surface area contributed by atoms with Crippen molar-refractivity contribution < 1.29 is 30.0 Å². The van der Waals surface area contributed by atoms with E-state index in [0.29, 0.717) is 5.56 Å². The van der Waals surface area contributed by atoms with Crippen LogP contribution in [0.15, 0.2) is 30.3 Å². The van der Waals surface area contributed by atoms with Crippen LogP contribution in [0.3, 0.4) is 0 Å². The number of hydrogen-bond acceptors (Lipinski definition) is 6. The molecular weight excluding hydrogens is 290 g/mol. The molecular formula is C15H15NO6. The molecule has 22 heavy (non-hydrogen) atoms. The van der Waals surface area contributed by atoms with Crippen molar-refractivity contribution in [2.45, 2.75) is 6.54 Å². The molecule has 0 saturated carbocycles. The SMILES string of the molecule is COc1cc(CNC(=O)c2c(O)cc(O)cc2O)ccc1O. The lowest BCUT2D eigenvalue weighted by atomic mass is 10.1. The van der Waals surface area contributed by atoms with Crippen LogP contribution in [0.25, 0.3) is 0 Å². The molecule has 0 saturated heterocycles. The molecule has 116 valence electrons. The second kappa shape index (κ2) is 6.13. The molecule has 0 radical (unpaired) electrons. The molecule has 0 aliphatic carbocycles. The minimum absolute atomic E-state index is 0.0219. The number of methoxy groups -OCH3 is 1. The van der Waals surface area contributed by atoms with Crippen LogP contribution in [-0.2, 0) is 6.54 Å². The van der Waals surface area contributed by atoms with Gasteiger partial charge in [0.1, 0.15) is 22.8 Å². The molecule has 0 fully saturated rings. The fraction of sp³-hybridized carbons (Fsp3) is 0.133. The maximum Gasteiger partial charge on any atom is 0.259 e. The number of hydrogen-bond donors (Lipinski definition) is 5. The van der Waals surface area contributed by atoms with Gasteiger partial charge in [0.2, 0.25) is 0 Å². The third-order valence-electron chi connectivity index (χ3n) is 3.01. The summed E-state index contributed by atoms with van der Waals surface area (Å²) in [6.07, 6.45) is 0. The van der Waals surface area contributed by atoms with Gasteiger partial charge in [0.25, 0.3) is 5.91 Å². The average molecular weight is 305 g/mol. The summed E-state index contributed by atoms with van der Waals surface area (Å²) in [5.41, 5.74) is 0.323. The molecule has 0 atom stereocenters. The highest BCUT2D eigenvalue weighted by molar-refractivity contribution is 5.99. The number of phenols is 4. The first-order valence-corrected chi connectivity index (χ1v) is 6.31. The number of carbonyl (C=O) groups is 1. The molecule has 0 aromatic heterocycles. The topological polar surface area (TPSA) is 119 Å². The second-order valence-corrected chi connectivity index (χ2v) is 4.55. The van der Waals surface area contributed by atoms with E-state index in [9.17, 15) is 25.2 Å². The normalized spacial score (nSPS) is 10.2. The summed E-state index contributed by atoms with van der Waals surface area (Å²) in [5.74, 6) is -1.87. The largest absolute Gasteiger partial charge is 0.508 e. The highest BCUT2D eigenvalue weighted by Crippen LogP contribution is 2.32. The highest BCUT2D eigenvalue weighted by Gasteiger charge is 2.17. The van der Waals surface area contributed by atoms with Crippen LogP contribution in [0.1, 0.15) is 15.9 Å². The molecule has 7 nitrogen and oxygen atoms in total. The molecule has 0 aliphatic heterocycles. The van der Waals surface area contributed by atoms with E-state index in [1.165, 1.54) is 13.2 Å². The van der Waals surface area contributed by atoms with Gasteiger partial charge in [-0.25, -0.2) is 0 Å². The number of amides is 1. The Hall–Kier alpha value is -3.09. The van der Waals surface area contributed by atoms with Gasteiger partial charge in [-0.1, -0.05) is 6.07 Å². The zero-order valence-corrected chi connectivity index (χ0v) is 11.7. The predicted octanol–water partition coefficient (Wildman–Crippen LogP) is 1.45. The van der Waals surface area contributed by atoms with Gasteiger partial charge >= 0.3 is 0 Å². The number of ether oxygens (including phenoxy) is 1. The third kappa shape index (κ3) is 3.14. The second-order valence-electron chi connectivity index (χ2n) is 4.55. The van der Waals surface area contributed by atoms with Crippen molar-refractivity contribution >= 4 is 5.91 Å². The van der Waals surface area contributed by atoms with Gasteiger partial charge in [0.15, 0.2) is 11.5 Å². The third-order valence-corrected chi connectivity index (χ3v) is 3.01. The van der Waals surface area contributed by atoms with Crippen molar-refractivity contribution in [3.05, 3.63) is 41.5 Å². The van der Waals surface area contributed by atoms with Crippen molar-refractivity contribution in [2.24, 2.45) is 0 Å². The van der Waals surface area contributed by atoms with Gasteiger partial charge < -0.3 is 30.5 Å². The minimum Gasteiger partial charge on any atom is -0.508 e. The average Bonchev–Trinajstić information content (AvgIpc) is 2.45. The number of rotatable bonds is 4. The number of carbonyl (C=O) groups excluding carboxylic acids is 1. The smallest absolute Gasteiger partial charge is 0.259 e. The van der Waals surface area contributed by atoms with Crippen LogP contribution in [0.2, 0.25) is 0 Å². The van der Waals surface area contributed by atoms with Crippen LogP contribution < -0.4 is 10.1 Å². The summed E-state index contributed by atoms with van der Waals surface area (Å²) in [5, 5.41) is 40.4. The molecule has 2 rings (SSSR count). The summed E-state index contributed by atoms with van der Waals surface area (Å²) in [6, 6.07) is 6.48. The Bertz CT molecular complexity index is 690. The van der Waals surface area contributed by atoms with Crippen molar-refractivity contribution in [2.75, 3.05) is 7.11 Å². The zero-order chi connectivity index (χ0) is 16.3. The number of benzene rings is 2. The minimum atomic E-state index is -0.706. The molecule has 5 N–H and O–H groups in total. The Balaban J connectivity index is 2.14. The van der Waals surface area contributed by atoms with Crippen molar-refractivity contribution in [1.82, 2.24) is 5.32 Å². The standard InChI is InChI=1S/C15H15NO6/c1-22-13-4-8(2-3-10(13)18)7-16-15(21)14-11(19)5-9(17)6-12(14)20/h2-6,17-20H,7H2,1H3,(H,16,21). The van der Waals surface area contributed by atoms with Crippen LogP contribution in [0.5, 0.6) is 28.7 Å². The van der Waals surface area contributed by atoms with Gasteiger partial charge in [0, 0.05) is 18.7 Å². The predicted molar refractivity (Wildman–Crippen MR) is 77.3 cm³/mol. The molecule has 2 aromatic rings. The van der Waals surface area contributed by atoms with E-state index in [2.05, 4.69) is 5.32 Å². The summed E-state index contributed by atoms with van der Waals surface area (Å²) < 4.78 is 4.96. The van der Waals surface area contributed by atoms with E-state index in [1.807, 2.05) is 0 Å². The highest BCUT2D eigenvalue weighted by atomic mass is 16.5. The van der Waals surface area contributed by atoms with Gasteiger partial charge in [-0.2, -0.15) is 0 Å². The molecule has 1 amide bonds. The maximum absolute atomic E-state index is 12.0. The summed E-state index contributed by atoms with van der Waals surface area (Å²) in [7, 11) is 1.41. The maximum atomic E-state index is 12.0. The van der Waals surface area contributed by atoms with Crippen molar-refractivity contribution in [3.8, 4) is 28.7 Å². The number of aromatic hydroxyl groups is 4. The van der Waals surface area contributed by atoms with Crippen LogP contribution >= 0.6 is 0 Å². The lowest BCUT2D eigenvalue weighted by Crippen LogP contribution is -2.23. The van der Waals surface area contributed by atoms with E-state index in [-0.39, 0.29) is 29.4 Å². The van der Waals surface area contributed by atoms with Gasteiger partial charge in [-0.05, 0) is 17.7 Å². The van der Waals surface area contributed by atoms with Crippen LogP contribution in [0.4, 0.5) is 0 Å². The Kier molecular flexibility index (Phi) is 4.26. The molecule has 2 aromatic carbocycles. The van der Waals surface area contributed by atoms with Crippen LogP contribution in [-0.4, -0.2) is 33.4 Å². The monoisotopic (exact) mass is 305 g/mol. The molecule has 0 spiro atoms. The Morgan fingerprint density at radius 2 is 1.68 bits per heavy atom. The zero-order valence-electron chi connectivity index (χ0n) is 11.7. The lowest BCUT2D eigenvalue weighted by molar-refractivity contribution is 0.0945. The van der Waals surface area contributed by atoms with Gasteiger partial charge in [0.05, 0.1) is 7.11 Å². The molecule has 0 heterocycles. The van der Waals surface area contributed by atoms with Crippen molar-refractivity contribution in [1.29, 1.82) is 0 Å². The summed E-state index contributed by atoms with van der Waals surface area (Å²) >= 11 is 0. The summed E-state index contributed by atoms with van der Waals surface area (Å²) in [6.45, 7) is 0.0925. The first kappa shape index (κ1) is 15.3. The fourth-order valence-electron chi connectivity index (χ4n) is 1.93. The Morgan fingerprint density at radius 3 is 2.27 bits per heavy atom. The van der Waals surface area contributed by atoms with Gasteiger partial charge in [-0.3, -0.25) is 4.79 Å². The first-order chi connectivity index (χ1) is 10.4. The van der Waals surface area contributed by atoms with Gasteiger partial charge in [-0.15, -0.1) is 0 Å². The van der Waals surface area contributed by atoms with E-state index >= 15 is 0 Å². The van der Waals surface area contributed by atoms with E-state index in [1.54, 1.807) is 12.1 Å².